The zero-order chi connectivity index (χ0) is 33.8. The van der Waals surface area contributed by atoms with Gasteiger partial charge in [-0.2, -0.15) is 9.78 Å². The number of halogens is 2. The monoisotopic (exact) mass is 719 g/mol. The molecule has 0 aliphatic heterocycles. The van der Waals surface area contributed by atoms with E-state index in [-0.39, 0.29) is 46.2 Å². The largest absolute Gasteiger partial charge is 0.494 e. The van der Waals surface area contributed by atoms with Gasteiger partial charge in [-0.25, -0.2) is 9.97 Å². The molecule has 0 amide bonds. The van der Waals surface area contributed by atoms with Crippen molar-refractivity contribution in [2.24, 2.45) is 5.10 Å². The topological polar surface area (TPSA) is 131 Å². The van der Waals surface area contributed by atoms with Crippen LogP contribution in [0.4, 0.5) is 5.69 Å². The van der Waals surface area contributed by atoms with Crippen LogP contribution in [0.25, 0.3) is 22.3 Å². The zero-order valence-corrected chi connectivity index (χ0v) is 28.6. The molecular formula is C34H31BrClN5O6. The summed E-state index contributed by atoms with van der Waals surface area (Å²) in [5.74, 6) is 1.80. The molecule has 47 heavy (non-hydrogen) atoms. The van der Waals surface area contributed by atoms with E-state index in [0.29, 0.717) is 33.4 Å². The van der Waals surface area contributed by atoms with E-state index in [4.69, 9.17) is 30.8 Å². The Labute approximate surface area is 284 Å². The summed E-state index contributed by atoms with van der Waals surface area (Å²) in [6, 6.07) is 15.4. The maximum atomic E-state index is 13.9. The van der Waals surface area contributed by atoms with Gasteiger partial charge in [-0.3, -0.25) is 14.9 Å². The van der Waals surface area contributed by atoms with Crippen LogP contribution < -0.4 is 19.8 Å². The lowest BCUT2D eigenvalue weighted by Crippen LogP contribution is -2.21. The molecule has 0 spiro atoms. The Hall–Kier alpha value is -4.81. The first-order valence-corrected chi connectivity index (χ1v) is 16.0. The van der Waals surface area contributed by atoms with Gasteiger partial charge in [0, 0.05) is 27.7 Å². The van der Waals surface area contributed by atoms with Crippen molar-refractivity contribution in [3.63, 3.8) is 0 Å². The maximum absolute atomic E-state index is 13.9. The fourth-order valence-corrected chi connectivity index (χ4v) is 5.54. The molecule has 11 nitrogen and oxygen atoms in total. The van der Waals surface area contributed by atoms with Crippen LogP contribution in [0.3, 0.4) is 0 Å². The maximum Gasteiger partial charge on any atom is 0.287 e. The predicted octanol–water partition coefficient (Wildman–Crippen LogP) is 8.69. The highest BCUT2D eigenvalue weighted by atomic mass is 79.9. The highest BCUT2D eigenvalue weighted by Gasteiger charge is 2.21. The van der Waals surface area contributed by atoms with Crippen LogP contribution in [0, 0.1) is 17.0 Å². The van der Waals surface area contributed by atoms with E-state index >= 15 is 0 Å². The molecule has 5 rings (SSSR count). The minimum Gasteiger partial charge on any atom is -0.494 e. The molecule has 0 saturated carbocycles. The first-order chi connectivity index (χ1) is 22.5. The minimum atomic E-state index is -0.553. The van der Waals surface area contributed by atoms with Gasteiger partial charge in [0.25, 0.3) is 11.2 Å². The number of para-hydroxylation sites is 1. The van der Waals surface area contributed by atoms with E-state index in [0.717, 1.165) is 28.6 Å². The van der Waals surface area contributed by atoms with Gasteiger partial charge >= 0.3 is 0 Å². The average Bonchev–Trinajstić information content (AvgIpc) is 3.05. The molecule has 2 aromatic heterocycles. The Morgan fingerprint density at radius 3 is 2.47 bits per heavy atom. The molecule has 13 heteroatoms. The van der Waals surface area contributed by atoms with Crippen molar-refractivity contribution in [2.75, 3.05) is 13.2 Å². The van der Waals surface area contributed by atoms with E-state index in [1.807, 2.05) is 32.0 Å². The highest BCUT2D eigenvalue weighted by Crippen LogP contribution is 2.44. The average molecular weight is 721 g/mol. The number of aryl methyl sites for hydroxylation is 1. The van der Waals surface area contributed by atoms with Gasteiger partial charge in [-0.1, -0.05) is 37.6 Å². The second kappa shape index (κ2) is 14.3. The molecule has 0 radical (unpaired) electrons. The van der Waals surface area contributed by atoms with Crippen molar-refractivity contribution in [2.45, 2.75) is 40.5 Å². The molecule has 0 unspecified atom stereocenters. The number of fused-ring (bicyclic) bond motifs is 1. The molecule has 5 aromatic rings. The smallest absolute Gasteiger partial charge is 0.287 e. The van der Waals surface area contributed by atoms with Crippen LogP contribution in [-0.2, 0) is 0 Å². The number of rotatable bonds is 11. The number of hydrogen-bond acceptors (Lipinski definition) is 9. The number of nitro groups is 1. The van der Waals surface area contributed by atoms with Gasteiger partial charge in [-0.05, 0) is 84.1 Å². The van der Waals surface area contributed by atoms with Gasteiger partial charge in [0.15, 0.2) is 17.3 Å². The summed E-state index contributed by atoms with van der Waals surface area (Å²) >= 11 is 10.3. The Bertz CT molecular complexity index is 2060. The fraction of sp³-hybridized carbons (Fsp3) is 0.235. The summed E-state index contributed by atoms with van der Waals surface area (Å²) in [5.41, 5.74) is 3.09. The second-order valence-electron chi connectivity index (χ2n) is 10.7. The molecule has 0 saturated heterocycles. The van der Waals surface area contributed by atoms with Crippen molar-refractivity contribution < 1.29 is 19.1 Å². The van der Waals surface area contributed by atoms with Crippen molar-refractivity contribution in [3.05, 3.63) is 107 Å². The molecule has 2 heterocycles. The summed E-state index contributed by atoms with van der Waals surface area (Å²) in [7, 11) is 0. The van der Waals surface area contributed by atoms with Crippen LogP contribution in [0.1, 0.15) is 50.3 Å². The summed E-state index contributed by atoms with van der Waals surface area (Å²) in [6.45, 7) is 10.7. The molecule has 242 valence electrons. The van der Waals surface area contributed by atoms with Crippen molar-refractivity contribution >= 4 is 50.3 Å². The van der Waals surface area contributed by atoms with Crippen LogP contribution in [-0.4, -0.2) is 39.0 Å². The van der Waals surface area contributed by atoms with Crippen LogP contribution in [0.15, 0.2) is 75.2 Å². The number of nitrogens with zero attached hydrogens (tertiary/aromatic N) is 5. The molecule has 0 N–H and O–H groups in total. The molecule has 0 bridgehead atoms. The predicted molar refractivity (Wildman–Crippen MR) is 186 cm³/mol. The van der Waals surface area contributed by atoms with E-state index in [9.17, 15) is 14.9 Å². The highest BCUT2D eigenvalue weighted by molar-refractivity contribution is 9.10. The lowest BCUT2D eigenvalue weighted by Gasteiger charge is -2.18. The second-order valence-corrected chi connectivity index (χ2v) is 11.8. The zero-order valence-electron chi connectivity index (χ0n) is 26.3. The van der Waals surface area contributed by atoms with Crippen molar-refractivity contribution in [3.8, 4) is 34.5 Å². The minimum absolute atomic E-state index is 0.0803. The van der Waals surface area contributed by atoms with Crippen LogP contribution in [0.2, 0.25) is 5.02 Å². The van der Waals surface area contributed by atoms with E-state index in [2.05, 4.69) is 39.9 Å². The van der Waals surface area contributed by atoms with Gasteiger partial charge in [0.2, 0.25) is 5.88 Å². The molecule has 0 aliphatic carbocycles. The summed E-state index contributed by atoms with van der Waals surface area (Å²) in [5, 5.41) is 16.2. The summed E-state index contributed by atoms with van der Waals surface area (Å²) < 4.78 is 19.4. The van der Waals surface area contributed by atoms with E-state index in [1.165, 1.54) is 23.0 Å². The molecule has 3 aromatic carbocycles. The fourth-order valence-electron chi connectivity index (χ4n) is 4.90. The molecule has 0 fully saturated rings. The standard InChI is InChI=1S/C34H31BrClN5O6/c1-6-45-27-14-20(5)25(16-24(27)19(3)4)33-39-26-11-9-8-10-23(26)34(42)40(33)38-17-21-15-28(46-7-2)32(31(36)30(21)35)47-29-13-12-22(18-37-29)41(43)44/h8-19H,6-7H2,1-5H3. The first kappa shape index (κ1) is 33.6. The third-order valence-corrected chi connectivity index (χ3v) is 8.62. The third kappa shape index (κ3) is 6.98. The quantitative estimate of drug-likeness (QED) is 0.0753. The molecule has 0 aliphatic rings. The van der Waals surface area contributed by atoms with Gasteiger partial charge in [0.05, 0.1) is 35.3 Å². The first-order valence-electron chi connectivity index (χ1n) is 14.8. The van der Waals surface area contributed by atoms with Crippen LogP contribution in [0.5, 0.6) is 23.1 Å². The van der Waals surface area contributed by atoms with E-state index < -0.39 is 4.92 Å². The van der Waals surface area contributed by atoms with Crippen molar-refractivity contribution in [1.82, 2.24) is 14.6 Å². The Morgan fingerprint density at radius 1 is 1.09 bits per heavy atom. The van der Waals surface area contributed by atoms with E-state index in [1.54, 1.807) is 31.2 Å². The Morgan fingerprint density at radius 2 is 1.81 bits per heavy atom. The Kier molecular flexibility index (Phi) is 10.2. The number of ether oxygens (including phenoxy) is 3. The number of pyridine rings is 1. The lowest BCUT2D eigenvalue weighted by molar-refractivity contribution is -0.385. The molecular weight excluding hydrogens is 690 g/mol. The summed E-state index contributed by atoms with van der Waals surface area (Å²) in [4.78, 5) is 33.3. The number of aromatic nitrogens is 3. The Balaban J connectivity index is 1.65. The normalized spacial score (nSPS) is 11.4. The van der Waals surface area contributed by atoms with Gasteiger partial charge < -0.3 is 14.2 Å². The van der Waals surface area contributed by atoms with Crippen LogP contribution >= 0.6 is 27.5 Å². The molecule has 0 atom stereocenters. The number of benzene rings is 3. The van der Waals surface area contributed by atoms with Crippen molar-refractivity contribution in [1.29, 1.82) is 0 Å². The van der Waals surface area contributed by atoms with Gasteiger partial charge in [-0.15, -0.1) is 0 Å². The third-order valence-electron chi connectivity index (χ3n) is 7.18. The van der Waals surface area contributed by atoms with Gasteiger partial charge in [0.1, 0.15) is 17.0 Å². The SMILES string of the molecule is CCOc1cc(C)c(-c2nc3ccccc3c(=O)n2N=Cc2cc(OCC)c(Oc3ccc([N+](=O)[O-])cn3)c(Cl)c2Br)cc1C(C)C. The summed E-state index contributed by atoms with van der Waals surface area (Å²) in [6.07, 6.45) is 2.57. The number of hydrogen-bond donors (Lipinski definition) is 0. The lowest BCUT2D eigenvalue weighted by atomic mass is 9.96.